The first-order valence-corrected chi connectivity index (χ1v) is 27.5. The number of rotatable bonds is 51. The lowest BCUT2D eigenvalue weighted by atomic mass is 10.0. The Labute approximate surface area is 401 Å². The minimum absolute atomic E-state index is 0.151. The topological polar surface area (TPSA) is 111 Å². The van der Waals surface area contributed by atoms with Gasteiger partial charge in [0.05, 0.1) is 40.3 Å². The Kier molecular flexibility index (Phi) is 46.6. The monoisotopic (exact) mass is 920 g/mol. The molecule has 2 unspecified atom stereocenters. The summed E-state index contributed by atoms with van der Waals surface area (Å²) in [6.45, 7) is 4.74. The minimum atomic E-state index is -1.61. The van der Waals surface area contributed by atoms with Gasteiger partial charge in [-0.15, -0.1) is 0 Å². The lowest BCUT2D eigenvalue weighted by molar-refractivity contribution is -0.870. The number of carboxylic acids is 1. The van der Waals surface area contributed by atoms with E-state index in [0.717, 1.165) is 44.9 Å². The van der Waals surface area contributed by atoms with Gasteiger partial charge in [-0.3, -0.25) is 9.59 Å². The lowest BCUT2D eigenvalue weighted by Crippen LogP contribution is -2.44. The molecule has 0 aromatic carbocycles. The number of allylic oxidation sites excluding steroid dienone is 4. The van der Waals surface area contributed by atoms with E-state index in [1.807, 2.05) is 21.1 Å². The molecule has 9 nitrogen and oxygen atoms in total. The van der Waals surface area contributed by atoms with Crippen LogP contribution in [0.4, 0.5) is 0 Å². The number of likely N-dealkylation sites (N-methyl/N-ethyl adjacent to an activating group) is 1. The number of carbonyl (C=O) groups is 3. The molecule has 382 valence electrons. The van der Waals surface area contributed by atoms with E-state index in [-0.39, 0.29) is 32.2 Å². The van der Waals surface area contributed by atoms with Crippen LogP contribution >= 0.6 is 0 Å². The summed E-state index contributed by atoms with van der Waals surface area (Å²) in [5.41, 5.74) is 0. The number of ether oxygens (including phenoxy) is 4. The van der Waals surface area contributed by atoms with Gasteiger partial charge in [-0.1, -0.05) is 224 Å². The van der Waals surface area contributed by atoms with Gasteiger partial charge < -0.3 is 33.3 Å². The number of carboxylic acid groups (broad SMARTS) is 1. The van der Waals surface area contributed by atoms with Gasteiger partial charge in [-0.25, -0.2) is 0 Å². The molecule has 0 radical (unpaired) electrons. The number of esters is 2. The lowest BCUT2D eigenvalue weighted by Gasteiger charge is -2.26. The van der Waals surface area contributed by atoms with Crippen LogP contribution < -0.4 is 5.11 Å². The van der Waals surface area contributed by atoms with E-state index in [2.05, 4.69) is 38.2 Å². The average molecular weight is 920 g/mol. The van der Waals surface area contributed by atoms with Crippen molar-refractivity contribution in [1.82, 2.24) is 0 Å². The van der Waals surface area contributed by atoms with Crippen LogP contribution in [0.2, 0.25) is 0 Å². The van der Waals surface area contributed by atoms with Crippen LogP contribution in [0.1, 0.15) is 258 Å². The molecule has 0 heterocycles. The molecule has 9 heteroatoms. The molecule has 0 fully saturated rings. The Morgan fingerprint density at radius 3 is 1.22 bits per heavy atom. The summed E-state index contributed by atoms with van der Waals surface area (Å²) in [5.74, 6) is -2.27. The molecule has 0 rings (SSSR count). The molecular formula is C56H105NO8. The zero-order valence-corrected chi connectivity index (χ0v) is 43.4. The second-order valence-corrected chi connectivity index (χ2v) is 19.9. The summed E-state index contributed by atoms with van der Waals surface area (Å²) in [6, 6.07) is 0. The van der Waals surface area contributed by atoms with Gasteiger partial charge in [-0.2, -0.15) is 0 Å². The van der Waals surface area contributed by atoms with Gasteiger partial charge in [-0.05, 0) is 44.9 Å². The normalized spacial score (nSPS) is 12.9. The van der Waals surface area contributed by atoms with Crippen LogP contribution in [0.5, 0.6) is 0 Å². The standard InChI is InChI=1S/C56H105NO8/c1-6-8-10-12-14-16-17-18-19-20-21-22-23-24-25-26-27-28-29-30-31-32-33-34-35-36-37-39-41-43-45-47-54(59)65-52(51-64-56(55(60)61)62-49-48-57(3,4)5)50-63-53(58)46-44-42-40-38-15-13-11-9-7-2/h17-18,20-21,52,56H,6-16,19,22-51H2,1-5H3/b18-17-,21-20-. The highest BCUT2D eigenvalue weighted by Crippen LogP contribution is 2.17. The summed E-state index contributed by atoms with van der Waals surface area (Å²) < 4.78 is 22.6. The van der Waals surface area contributed by atoms with E-state index in [4.69, 9.17) is 18.9 Å². The van der Waals surface area contributed by atoms with Crippen molar-refractivity contribution in [3.63, 3.8) is 0 Å². The van der Waals surface area contributed by atoms with Gasteiger partial charge in [0.15, 0.2) is 12.4 Å². The van der Waals surface area contributed by atoms with E-state index in [9.17, 15) is 19.5 Å². The summed E-state index contributed by atoms with van der Waals surface area (Å²) >= 11 is 0. The number of quaternary nitrogens is 1. The molecule has 0 amide bonds. The first-order valence-electron chi connectivity index (χ1n) is 27.5. The fourth-order valence-corrected chi connectivity index (χ4v) is 7.92. The first-order chi connectivity index (χ1) is 31.6. The Morgan fingerprint density at radius 1 is 0.462 bits per heavy atom. The third kappa shape index (κ3) is 49.5. The highest BCUT2D eigenvalue weighted by molar-refractivity contribution is 5.70. The van der Waals surface area contributed by atoms with E-state index in [0.29, 0.717) is 17.4 Å². The zero-order chi connectivity index (χ0) is 47.7. The van der Waals surface area contributed by atoms with Crippen LogP contribution in [0, 0.1) is 0 Å². The average Bonchev–Trinajstić information content (AvgIpc) is 3.27. The fraction of sp³-hybridized carbons (Fsp3) is 0.875. The van der Waals surface area contributed by atoms with Crippen LogP contribution in [0.15, 0.2) is 24.3 Å². The van der Waals surface area contributed by atoms with Crippen molar-refractivity contribution in [3.8, 4) is 0 Å². The SMILES string of the molecule is CCCCCCC/C=C\C/C=C\CCCCCCCCCCCCCCCCCCCCCC(=O)OC(COC(=O)CCCCCCCCCCC)COC(OCC[N+](C)(C)C)C(=O)[O-]. The molecule has 0 saturated carbocycles. The summed E-state index contributed by atoms with van der Waals surface area (Å²) in [6.07, 6.45) is 52.5. The van der Waals surface area contributed by atoms with Crippen LogP contribution in [0.25, 0.3) is 0 Å². The van der Waals surface area contributed by atoms with Crippen molar-refractivity contribution in [2.75, 3.05) is 47.5 Å². The molecule has 65 heavy (non-hydrogen) atoms. The largest absolute Gasteiger partial charge is 0.545 e. The minimum Gasteiger partial charge on any atom is -0.545 e. The predicted octanol–water partition coefficient (Wildman–Crippen LogP) is 14.2. The van der Waals surface area contributed by atoms with Crippen LogP contribution in [0.3, 0.4) is 0 Å². The van der Waals surface area contributed by atoms with Crippen molar-refractivity contribution in [3.05, 3.63) is 24.3 Å². The number of nitrogens with zero attached hydrogens (tertiary/aromatic N) is 1. The van der Waals surface area contributed by atoms with Crippen molar-refractivity contribution >= 4 is 17.9 Å². The van der Waals surface area contributed by atoms with Crippen molar-refractivity contribution in [2.24, 2.45) is 0 Å². The smallest absolute Gasteiger partial charge is 0.306 e. The van der Waals surface area contributed by atoms with Gasteiger partial charge in [0.25, 0.3) is 0 Å². The molecular weight excluding hydrogens is 815 g/mol. The maximum atomic E-state index is 12.8. The Bertz CT molecular complexity index is 1120. The number of unbranched alkanes of at least 4 members (excludes halogenated alkanes) is 32. The molecule has 0 N–H and O–H groups in total. The highest BCUT2D eigenvalue weighted by atomic mass is 16.7. The summed E-state index contributed by atoms with van der Waals surface area (Å²) in [5, 5.41) is 11.7. The number of aliphatic carboxylic acids is 1. The second kappa shape index (κ2) is 48.2. The van der Waals surface area contributed by atoms with Crippen LogP contribution in [-0.4, -0.2) is 82.3 Å². The quantitative estimate of drug-likeness (QED) is 0.0195. The van der Waals surface area contributed by atoms with Crippen LogP contribution in [-0.2, 0) is 33.3 Å². The molecule has 0 saturated heterocycles. The number of carbonyl (C=O) groups excluding carboxylic acids is 3. The predicted molar refractivity (Wildman–Crippen MR) is 270 cm³/mol. The molecule has 0 aromatic heterocycles. The third-order valence-electron chi connectivity index (χ3n) is 12.2. The van der Waals surface area contributed by atoms with Crippen molar-refractivity contribution in [1.29, 1.82) is 0 Å². The van der Waals surface area contributed by atoms with Gasteiger partial charge in [0.1, 0.15) is 13.2 Å². The Hall–Kier alpha value is -2.23. The maximum Gasteiger partial charge on any atom is 0.306 e. The molecule has 0 spiro atoms. The van der Waals surface area contributed by atoms with Crippen molar-refractivity contribution in [2.45, 2.75) is 270 Å². The van der Waals surface area contributed by atoms with E-state index >= 15 is 0 Å². The second-order valence-electron chi connectivity index (χ2n) is 19.9. The van der Waals surface area contributed by atoms with E-state index < -0.39 is 24.3 Å². The summed E-state index contributed by atoms with van der Waals surface area (Å²) in [4.78, 5) is 37.0. The number of hydrogen-bond donors (Lipinski definition) is 0. The molecule has 0 aliphatic carbocycles. The molecule has 0 aliphatic rings. The van der Waals surface area contributed by atoms with E-state index in [1.54, 1.807) is 0 Å². The highest BCUT2D eigenvalue weighted by Gasteiger charge is 2.22. The molecule has 0 aromatic rings. The van der Waals surface area contributed by atoms with Gasteiger partial charge in [0, 0.05) is 12.8 Å². The Morgan fingerprint density at radius 2 is 0.831 bits per heavy atom. The Balaban J connectivity index is 4.02. The van der Waals surface area contributed by atoms with Gasteiger partial charge >= 0.3 is 11.9 Å². The van der Waals surface area contributed by atoms with Crippen molar-refractivity contribution < 1.29 is 42.9 Å². The third-order valence-corrected chi connectivity index (χ3v) is 12.2. The van der Waals surface area contributed by atoms with E-state index in [1.165, 1.54) is 186 Å². The first kappa shape index (κ1) is 62.8. The molecule has 0 aliphatic heterocycles. The summed E-state index contributed by atoms with van der Waals surface area (Å²) in [7, 11) is 5.92. The van der Waals surface area contributed by atoms with Gasteiger partial charge in [0.2, 0.25) is 0 Å². The maximum absolute atomic E-state index is 12.8. The zero-order valence-electron chi connectivity index (χ0n) is 43.4. The molecule has 0 bridgehead atoms. The number of hydrogen-bond acceptors (Lipinski definition) is 8. The fourth-order valence-electron chi connectivity index (χ4n) is 7.92. The molecule has 2 atom stereocenters.